The molecule has 0 radical (unpaired) electrons. The van der Waals surface area contributed by atoms with E-state index in [0.717, 1.165) is 14.8 Å². The van der Waals surface area contributed by atoms with Crippen molar-refractivity contribution < 1.29 is 19.1 Å². The molecule has 1 heterocycles. The van der Waals surface area contributed by atoms with E-state index in [-0.39, 0.29) is 5.82 Å². The monoisotopic (exact) mass is 422 g/mol. The van der Waals surface area contributed by atoms with Crippen LogP contribution in [0.1, 0.15) is 41.5 Å². The minimum atomic E-state index is -0.841. The van der Waals surface area contributed by atoms with E-state index in [0.29, 0.717) is 5.39 Å². The number of fused-ring (bicyclic) bond motifs is 1. The number of pyridine rings is 1. The molecule has 7 heteroatoms. The quantitative estimate of drug-likeness (QED) is 0.591. The molecule has 0 saturated carbocycles. The maximum absolute atomic E-state index is 12.8. The highest BCUT2D eigenvalue weighted by molar-refractivity contribution is 9.10. The predicted molar refractivity (Wildman–Crippen MR) is 104 cm³/mol. The van der Waals surface area contributed by atoms with E-state index in [1.165, 1.54) is 6.20 Å². The number of carbonyl (C=O) groups is 2. The van der Waals surface area contributed by atoms with Gasteiger partial charge in [-0.15, -0.1) is 0 Å². The zero-order chi connectivity index (χ0) is 19.7. The fourth-order valence-electron chi connectivity index (χ4n) is 2.19. The van der Waals surface area contributed by atoms with Gasteiger partial charge in [0.1, 0.15) is 11.2 Å². The molecule has 0 N–H and O–H groups in total. The molecule has 0 bridgehead atoms. The van der Waals surface area contributed by atoms with Crippen LogP contribution in [-0.4, -0.2) is 28.4 Å². The summed E-state index contributed by atoms with van der Waals surface area (Å²) < 4.78 is 11.6. The topological polar surface area (TPSA) is 68.7 Å². The normalized spacial score (nSPS) is 12.0. The molecule has 0 unspecified atom stereocenters. The van der Waals surface area contributed by atoms with Crippen molar-refractivity contribution in [3.63, 3.8) is 0 Å². The molecular weight excluding hydrogens is 400 g/mol. The second kappa shape index (κ2) is 7.23. The standard InChI is InChI=1S/C19H23BrN2O4/c1-18(2,3)25-16(23)22(17(24)26-19(4,5)6)15-13-8-7-9-14(20)12(13)10-11-21-15/h7-11H,1-6H3. The van der Waals surface area contributed by atoms with Crippen LogP contribution in [0.3, 0.4) is 0 Å². The smallest absolute Gasteiger partial charge is 0.425 e. The van der Waals surface area contributed by atoms with Gasteiger partial charge in [-0.05, 0) is 53.7 Å². The summed E-state index contributed by atoms with van der Waals surface area (Å²) in [5, 5.41) is 1.44. The average Bonchev–Trinajstić information content (AvgIpc) is 2.44. The maximum Gasteiger partial charge on any atom is 0.425 e. The van der Waals surface area contributed by atoms with Crippen molar-refractivity contribution in [1.29, 1.82) is 0 Å². The number of benzene rings is 1. The van der Waals surface area contributed by atoms with E-state index in [2.05, 4.69) is 20.9 Å². The summed E-state index contributed by atoms with van der Waals surface area (Å²) in [6.45, 7) is 10.4. The first-order valence-electron chi connectivity index (χ1n) is 8.18. The third-order valence-electron chi connectivity index (χ3n) is 3.10. The van der Waals surface area contributed by atoms with Gasteiger partial charge in [0, 0.05) is 21.4 Å². The van der Waals surface area contributed by atoms with Crippen molar-refractivity contribution in [2.24, 2.45) is 0 Å². The highest BCUT2D eigenvalue weighted by atomic mass is 79.9. The lowest BCUT2D eigenvalue weighted by molar-refractivity contribution is 0.0429. The van der Waals surface area contributed by atoms with Crippen molar-refractivity contribution in [3.8, 4) is 0 Å². The van der Waals surface area contributed by atoms with Gasteiger partial charge in [0.15, 0.2) is 5.82 Å². The van der Waals surface area contributed by atoms with Crippen LogP contribution in [0.15, 0.2) is 34.9 Å². The minimum Gasteiger partial charge on any atom is -0.443 e. The largest absolute Gasteiger partial charge is 0.443 e. The lowest BCUT2D eigenvalue weighted by Crippen LogP contribution is -2.44. The fraction of sp³-hybridized carbons (Fsp3) is 0.421. The highest BCUT2D eigenvalue weighted by Crippen LogP contribution is 2.31. The lowest BCUT2D eigenvalue weighted by atomic mass is 10.1. The fourth-order valence-corrected chi connectivity index (χ4v) is 2.69. The van der Waals surface area contributed by atoms with Crippen LogP contribution in [-0.2, 0) is 9.47 Å². The van der Waals surface area contributed by atoms with Gasteiger partial charge in [0.25, 0.3) is 0 Å². The lowest BCUT2D eigenvalue weighted by Gasteiger charge is -2.28. The Morgan fingerprint density at radius 2 is 1.46 bits per heavy atom. The molecule has 0 aliphatic heterocycles. The number of carbonyl (C=O) groups excluding carboxylic acids is 2. The molecule has 0 spiro atoms. The Bertz CT molecular complexity index is 810. The SMILES string of the molecule is CC(C)(C)OC(=O)N(C(=O)OC(C)(C)C)c1nccc2c(Br)cccc12. The Balaban J connectivity index is 2.59. The maximum atomic E-state index is 12.8. The number of nitrogens with zero attached hydrogens (tertiary/aromatic N) is 2. The van der Waals surface area contributed by atoms with Gasteiger partial charge < -0.3 is 9.47 Å². The van der Waals surface area contributed by atoms with E-state index < -0.39 is 23.4 Å². The number of hydrogen-bond acceptors (Lipinski definition) is 5. The number of halogens is 1. The number of rotatable bonds is 1. The Morgan fingerprint density at radius 3 is 1.96 bits per heavy atom. The molecule has 140 valence electrons. The Kier molecular flexibility index (Phi) is 5.61. The van der Waals surface area contributed by atoms with E-state index in [1.807, 2.05) is 6.07 Å². The Morgan fingerprint density at radius 1 is 0.923 bits per heavy atom. The van der Waals surface area contributed by atoms with Crippen LogP contribution in [0.4, 0.5) is 15.4 Å². The van der Waals surface area contributed by atoms with Gasteiger partial charge >= 0.3 is 12.2 Å². The van der Waals surface area contributed by atoms with Gasteiger partial charge in [-0.2, -0.15) is 4.90 Å². The second-order valence-corrected chi connectivity index (χ2v) is 8.62. The van der Waals surface area contributed by atoms with Crippen molar-refractivity contribution in [2.45, 2.75) is 52.7 Å². The number of amides is 2. The predicted octanol–water partition coefficient (Wildman–Crippen LogP) is 5.67. The van der Waals surface area contributed by atoms with Crippen molar-refractivity contribution >= 4 is 44.7 Å². The first-order chi connectivity index (χ1) is 11.9. The molecule has 2 rings (SSSR count). The molecular formula is C19H23BrN2O4. The van der Waals surface area contributed by atoms with E-state index in [4.69, 9.17) is 9.47 Å². The van der Waals surface area contributed by atoms with E-state index in [9.17, 15) is 9.59 Å². The van der Waals surface area contributed by atoms with Crippen molar-refractivity contribution in [3.05, 3.63) is 34.9 Å². The van der Waals surface area contributed by atoms with Gasteiger partial charge in [0.2, 0.25) is 0 Å². The molecule has 0 atom stereocenters. The van der Waals surface area contributed by atoms with Crippen LogP contribution in [0.2, 0.25) is 0 Å². The number of anilines is 1. The second-order valence-electron chi connectivity index (χ2n) is 7.77. The van der Waals surface area contributed by atoms with Crippen LogP contribution in [0.25, 0.3) is 10.8 Å². The Hall–Kier alpha value is -2.15. The third kappa shape index (κ3) is 4.94. The minimum absolute atomic E-state index is 0.160. The molecule has 2 amide bonds. The molecule has 0 aliphatic carbocycles. The first kappa shape index (κ1) is 20.2. The van der Waals surface area contributed by atoms with Crippen LogP contribution < -0.4 is 4.90 Å². The molecule has 1 aromatic heterocycles. The van der Waals surface area contributed by atoms with Crippen molar-refractivity contribution in [2.75, 3.05) is 4.90 Å². The van der Waals surface area contributed by atoms with Crippen LogP contribution >= 0.6 is 15.9 Å². The number of hydrogen-bond donors (Lipinski definition) is 0. The molecule has 26 heavy (non-hydrogen) atoms. The third-order valence-corrected chi connectivity index (χ3v) is 3.79. The molecule has 1 aromatic carbocycles. The summed E-state index contributed by atoms with van der Waals surface area (Å²) >= 11 is 3.47. The molecule has 0 aliphatic rings. The summed E-state index contributed by atoms with van der Waals surface area (Å²) in [6, 6.07) is 7.26. The number of imide groups is 1. The highest BCUT2D eigenvalue weighted by Gasteiger charge is 2.34. The van der Waals surface area contributed by atoms with Gasteiger partial charge in [-0.1, -0.05) is 28.1 Å². The Labute approximate surface area is 161 Å². The number of ether oxygens (including phenoxy) is 2. The van der Waals surface area contributed by atoms with Gasteiger partial charge in [-0.25, -0.2) is 14.6 Å². The number of aromatic nitrogens is 1. The van der Waals surface area contributed by atoms with E-state index in [1.54, 1.807) is 59.7 Å². The molecule has 0 fully saturated rings. The van der Waals surface area contributed by atoms with Crippen LogP contribution in [0, 0.1) is 0 Å². The summed E-state index contributed by atoms with van der Waals surface area (Å²) in [4.78, 5) is 30.6. The summed E-state index contributed by atoms with van der Waals surface area (Å²) in [6.07, 6.45) is -0.150. The van der Waals surface area contributed by atoms with Crippen LogP contribution in [0.5, 0.6) is 0 Å². The van der Waals surface area contributed by atoms with Gasteiger partial charge in [0.05, 0.1) is 0 Å². The first-order valence-corrected chi connectivity index (χ1v) is 8.98. The zero-order valence-corrected chi connectivity index (χ0v) is 17.4. The summed E-state index contributed by atoms with van der Waals surface area (Å²) in [5.41, 5.74) is -1.55. The van der Waals surface area contributed by atoms with Crippen molar-refractivity contribution in [1.82, 2.24) is 4.98 Å². The molecule has 6 nitrogen and oxygen atoms in total. The average molecular weight is 423 g/mol. The molecule has 2 aromatic rings. The van der Waals surface area contributed by atoms with Gasteiger partial charge in [-0.3, -0.25) is 0 Å². The zero-order valence-electron chi connectivity index (χ0n) is 15.8. The summed E-state index contributed by atoms with van der Waals surface area (Å²) in [5.74, 6) is 0.160. The van der Waals surface area contributed by atoms with E-state index >= 15 is 0 Å². The molecule has 0 saturated heterocycles. The summed E-state index contributed by atoms with van der Waals surface area (Å²) in [7, 11) is 0.